The van der Waals surface area contributed by atoms with E-state index in [4.69, 9.17) is 0 Å². The monoisotopic (exact) mass is 329 g/mol. The van der Waals surface area contributed by atoms with Crippen molar-refractivity contribution >= 4 is 21.8 Å². The summed E-state index contributed by atoms with van der Waals surface area (Å²) in [4.78, 5) is 14.1. The number of carbonyl (C=O) groups is 1. The maximum Gasteiger partial charge on any atom is 0.254 e. The van der Waals surface area contributed by atoms with E-state index in [0.717, 1.165) is 19.3 Å². The van der Waals surface area contributed by atoms with Crippen molar-refractivity contribution < 1.29 is 14.3 Å². The van der Waals surface area contributed by atoms with Gasteiger partial charge in [-0.05, 0) is 44.4 Å². The topological polar surface area (TPSA) is 40.5 Å². The van der Waals surface area contributed by atoms with E-state index in [1.807, 2.05) is 0 Å². The summed E-state index contributed by atoms with van der Waals surface area (Å²) in [5, 5.41) is 9.78. The number of halogens is 2. The highest BCUT2D eigenvalue weighted by atomic mass is 79.9. The lowest BCUT2D eigenvalue weighted by molar-refractivity contribution is 0.0280. The van der Waals surface area contributed by atoms with Crippen LogP contribution in [0.4, 0.5) is 4.39 Å². The molecule has 3 nitrogen and oxygen atoms in total. The van der Waals surface area contributed by atoms with Crippen LogP contribution in [-0.4, -0.2) is 34.6 Å². The second-order valence-electron chi connectivity index (χ2n) is 4.96. The molecule has 1 aliphatic heterocycles. The van der Waals surface area contributed by atoms with Crippen molar-refractivity contribution in [1.29, 1.82) is 0 Å². The van der Waals surface area contributed by atoms with E-state index in [2.05, 4.69) is 15.9 Å². The Bertz CT molecular complexity index is 458. The fraction of sp³-hybridized carbons (Fsp3) is 0.500. The van der Waals surface area contributed by atoms with Crippen LogP contribution >= 0.6 is 15.9 Å². The number of hydrogen-bond donors (Lipinski definition) is 1. The zero-order chi connectivity index (χ0) is 14.0. The largest absolute Gasteiger partial charge is 0.391 e. The molecule has 0 saturated carbocycles. The lowest BCUT2D eigenvalue weighted by Gasteiger charge is -2.37. The average molecular weight is 330 g/mol. The molecular weight excluding hydrogens is 313 g/mol. The molecular formula is C14H17BrFNO2. The van der Waals surface area contributed by atoms with Gasteiger partial charge in [0.2, 0.25) is 0 Å². The van der Waals surface area contributed by atoms with Crippen LogP contribution in [0.2, 0.25) is 0 Å². The van der Waals surface area contributed by atoms with Gasteiger partial charge < -0.3 is 10.0 Å². The van der Waals surface area contributed by atoms with Crippen LogP contribution in [0.25, 0.3) is 0 Å². The molecule has 5 heteroatoms. The third-order valence-electron chi connectivity index (χ3n) is 3.48. The molecule has 0 bridgehead atoms. The number of amides is 1. The van der Waals surface area contributed by atoms with Crippen LogP contribution in [0.15, 0.2) is 22.7 Å². The van der Waals surface area contributed by atoms with Gasteiger partial charge in [-0.2, -0.15) is 0 Å². The van der Waals surface area contributed by atoms with Crippen molar-refractivity contribution in [1.82, 2.24) is 4.90 Å². The minimum absolute atomic E-state index is 0.178. The molecule has 1 aliphatic rings. The smallest absolute Gasteiger partial charge is 0.254 e. The van der Waals surface area contributed by atoms with E-state index >= 15 is 0 Å². The second-order valence-corrected chi connectivity index (χ2v) is 5.88. The summed E-state index contributed by atoms with van der Waals surface area (Å²) in [7, 11) is 0. The first kappa shape index (κ1) is 14.5. The number of carbonyl (C=O) groups excluding carboxylic acids is 1. The number of hydrogen-bond acceptors (Lipinski definition) is 2. The van der Waals surface area contributed by atoms with Crippen LogP contribution in [0.5, 0.6) is 0 Å². The summed E-state index contributed by atoms with van der Waals surface area (Å²) in [5.74, 6) is -0.658. The summed E-state index contributed by atoms with van der Waals surface area (Å²) in [6.45, 7) is 2.31. The van der Waals surface area contributed by atoms with Gasteiger partial charge in [0.1, 0.15) is 5.82 Å². The van der Waals surface area contributed by atoms with Crippen molar-refractivity contribution in [2.24, 2.45) is 0 Å². The quantitative estimate of drug-likeness (QED) is 0.906. The fourth-order valence-corrected chi connectivity index (χ4v) is 3.02. The van der Waals surface area contributed by atoms with Crippen LogP contribution in [0.1, 0.15) is 36.5 Å². The molecule has 1 heterocycles. The summed E-state index contributed by atoms with van der Waals surface area (Å²) >= 11 is 3.19. The van der Waals surface area contributed by atoms with Gasteiger partial charge in [-0.1, -0.05) is 15.9 Å². The zero-order valence-electron chi connectivity index (χ0n) is 10.8. The van der Waals surface area contributed by atoms with E-state index in [9.17, 15) is 14.3 Å². The maximum atomic E-state index is 13.4. The summed E-state index contributed by atoms with van der Waals surface area (Å²) in [6.07, 6.45) is 2.15. The van der Waals surface area contributed by atoms with Crippen molar-refractivity contribution in [2.75, 3.05) is 6.54 Å². The van der Waals surface area contributed by atoms with Crippen LogP contribution in [0, 0.1) is 5.82 Å². The fourth-order valence-electron chi connectivity index (χ4n) is 2.55. The summed E-state index contributed by atoms with van der Waals surface area (Å²) in [6, 6.07) is 3.99. The van der Waals surface area contributed by atoms with Crippen LogP contribution in [0.3, 0.4) is 0 Å². The predicted octanol–water partition coefficient (Wildman–Crippen LogP) is 2.96. The van der Waals surface area contributed by atoms with Gasteiger partial charge in [-0.3, -0.25) is 4.79 Å². The van der Waals surface area contributed by atoms with E-state index in [1.54, 1.807) is 17.9 Å². The third-order valence-corrected chi connectivity index (χ3v) is 3.93. The van der Waals surface area contributed by atoms with Gasteiger partial charge in [-0.25, -0.2) is 4.39 Å². The Hall–Kier alpha value is -0.940. The van der Waals surface area contributed by atoms with Crippen LogP contribution < -0.4 is 0 Å². The van der Waals surface area contributed by atoms with Gasteiger partial charge in [-0.15, -0.1) is 0 Å². The molecule has 0 spiro atoms. The van der Waals surface area contributed by atoms with Crippen molar-refractivity contribution in [3.8, 4) is 0 Å². The van der Waals surface area contributed by atoms with Crippen molar-refractivity contribution in [3.63, 3.8) is 0 Å². The summed E-state index contributed by atoms with van der Waals surface area (Å²) < 4.78 is 13.9. The van der Waals surface area contributed by atoms with Crippen molar-refractivity contribution in [2.45, 2.75) is 38.3 Å². The minimum atomic E-state index is -0.568. The number of piperidine rings is 1. The molecule has 0 aromatic heterocycles. The highest BCUT2D eigenvalue weighted by Gasteiger charge is 2.30. The lowest BCUT2D eigenvalue weighted by atomic mass is 9.97. The highest BCUT2D eigenvalue weighted by Crippen LogP contribution is 2.23. The SMILES string of the molecule is CC(O)C1CCCCN1C(=O)c1cc(F)cc(Br)c1. The molecule has 1 aromatic carbocycles. The minimum Gasteiger partial charge on any atom is -0.391 e. The Morgan fingerprint density at radius 1 is 1.47 bits per heavy atom. The Balaban J connectivity index is 2.26. The Morgan fingerprint density at radius 3 is 2.84 bits per heavy atom. The second kappa shape index (κ2) is 6.01. The summed E-state index contributed by atoms with van der Waals surface area (Å²) in [5.41, 5.74) is 0.319. The first-order chi connectivity index (χ1) is 8.99. The standard InChI is InChI=1S/C14H17BrFNO2/c1-9(18)13-4-2-3-5-17(13)14(19)10-6-11(15)8-12(16)7-10/h6-9,13,18H,2-5H2,1H3. The van der Waals surface area contributed by atoms with Gasteiger partial charge >= 0.3 is 0 Å². The molecule has 1 fully saturated rings. The van der Waals surface area contributed by atoms with Gasteiger partial charge in [0.05, 0.1) is 12.1 Å². The molecule has 1 aromatic rings. The van der Waals surface area contributed by atoms with Crippen LogP contribution in [-0.2, 0) is 0 Å². The predicted molar refractivity (Wildman–Crippen MR) is 74.5 cm³/mol. The molecule has 1 amide bonds. The maximum absolute atomic E-state index is 13.4. The number of benzene rings is 1. The van der Waals surface area contributed by atoms with Gasteiger partial charge in [0.25, 0.3) is 5.91 Å². The number of rotatable bonds is 2. The molecule has 2 atom stereocenters. The number of nitrogens with zero attached hydrogens (tertiary/aromatic N) is 1. The molecule has 0 aliphatic carbocycles. The van der Waals surface area contributed by atoms with E-state index in [0.29, 0.717) is 16.6 Å². The number of likely N-dealkylation sites (tertiary alicyclic amines) is 1. The van der Waals surface area contributed by atoms with E-state index in [1.165, 1.54) is 12.1 Å². The Morgan fingerprint density at radius 2 is 2.21 bits per heavy atom. The molecule has 0 radical (unpaired) electrons. The first-order valence-corrected chi connectivity index (χ1v) is 7.23. The van der Waals surface area contributed by atoms with E-state index < -0.39 is 11.9 Å². The molecule has 19 heavy (non-hydrogen) atoms. The van der Waals surface area contributed by atoms with Crippen molar-refractivity contribution in [3.05, 3.63) is 34.1 Å². The number of aliphatic hydroxyl groups excluding tert-OH is 1. The molecule has 1 N–H and O–H groups in total. The third kappa shape index (κ3) is 3.34. The highest BCUT2D eigenvalue weighted by molar-refractivity contribution is 9.10. The molecule has 1 saturated heterocycles. The first-order valence-electron chi connectivity index (χ1n) is 6.44. The van der Waals surface area contributed by atoms with Gasteiger partial charge in [0.15, 0.2) is 0 Å². The molecule has 2 rings (SSSR count). The Labute approximate surface area is 120 Å². The molecule has 2 unspecified atom stereocenters. The van der Waals surface area contributed by atoms with E-state index in [-0.39, 0.29) is 11.9 Å². The Kier molecular flexibility index (Phi) is 4.58. The molecule has 104 valence electrons. The van der Waals surface area contributed by atoms with Gasteiger partial charge in [0, 0.05) is 16.6 Å². The normalized spacial score (nSPS) is 21.3. The lowest BCUT2D eigenvalue weighted by Crippen LogP contribution is -2.48. The zero-order valence-corrected chi connectivity index (χ0v) is 12.4. The average Bonchev–Trinajstić information content (AvgIpc) is 2.36. The number of aliphatic hydroxyl groups is 1.